The van der Waals surface area contributed by atoms with E-state index < -0.39 is 0 Å². The number of aromatic nitrogens is 3. The molecule has 3 rings (SSSR count). The van der Waals surface area contributed by atoms with Crippen molar-refractivity contribution in [2.75, 3.05) is 19.6 Å². The number of nitrogens with zero attached hydrogens (tertiary/aromatic N) is 4. The van der Waals surface area contributed by atoms with E-state index in [2.05, 4.69) is 46.7 Å². The number of hydrogen-bond donors (Lipinski definition) is 1. The highest BCUT2D eigenvalue weighted by atomic mass is 16.2. The standard InChI is InChI=1S/C21H31N5O/c1-16(2)13-24-21(27)25-10-6-18(7-11-25)8-12-26-17(3)14-23-20(26)19-5-4-9-22-15-19/h4-5,9,14-16,18H,6-8,10-13H2,1-3H3,(H,24,27). The highest BCUT2D eigenvalue weighted by Crippen LogP contribution is 2.24. The molecule has 0 radical (unpaired) electrons. The number of nitrogens with one attached hydrogen (secondary N) is 1. The molecule has 0 atom stereocenters. The topological polar surface area (TPSA) is 63.1 Å². The van der Waals surface area contributed by atoms with E-state index in [4.69, 9.17) is 0 Å². The molecule has 0 unspecified atom stereocenters. The molecule has 146 valence electrons. The Morgan fingerprint density at radius 1 is 1.30 bits per heavy atom. The zero-order valence-corrected chi connectivity index (χ0v) is 16.7. The largest absolute Gasteiger partial charge is 0.338 e. The molecule has 2 amide bonds. The summed E-state index contributed by atoms with van der Waals surface area (Å²) in [4.78, 5) is 23.0. The average Bonchev–Trinajstić information content (AvgIpc) is 3.06. The summed E-state index contributed by atoms with van der Waals surface area (Å²) in [5.74, 6) is 2.13. The third-order valence-electron chi connectivity index (χ3n) is 5.30. The van der Waals surface area contributed by atoms with E-state index >= 15 is 0 Å². The van der Waals surface area contributed by atoms with Crippen LogP contribution in [0.4, 0.5) is 4.79 Å². The lowest BCUT2D eigenvalue weighted by Crippen LogP contribution is -2.45. The molecule has 6 heteroatoms. The smallest absolute Gasteiger partial charge is 0.317 e. The van der Waals surface area contributed by atoms with Gasteiger partial charge in [-0.05, 0) is 50.2 Å². The van der Waals surface area contributed by atoms with Gasteiger partial charge < -0.3 is 14.8 Å². The summed E-state index contributed by atoms with van der Waals surface area (Å²) >= 11 is 0. The lowest BCUT2D eigenvalue weighted by atomic mass is 9.93. The molecule has 2 aromatic rings. The summed E-state index contributed by atoms with van der Waals surface area (Å²) in [5.41, 5.74) is 2.24. The Bertz CT molecular complexity index is 732. The Hall–Kier alpha value is -2.37. The molecule has 1 fully saturated rings. The number of amides is 2. The van der Waals surface area contributed by atoms with Gasteiger partial charge in [-0.25, -0.2) is 9.78 Å². The molecular formula is C21H31N5O. The van der Waals surface area contributed by atoms with Gasteiger partial charge in [0.05, 0.1) is 0 Å². The van der Waals surface area contributed by atoms with E-state index in [0.29, 0.717) is 11.8 Å². The molecule has 1 N–H and O–H groups in total. The van der Waals surface area contributed by atoms with Gasteiger partial charge in [-0.15, -0.1) is 0 Å². The van der Waals surface area contributed by atoms with Crippen molar-refractivity contribution in [2.24, 2.45) is 11.8 Å². The minimum Gasteiger partial charge on any atom is -0.338 e. The van der Waals surface area contributed by atoms with Gasteiger partial charge in [0, 0.05) is 56.0 Å². The second kappa shape index (κ2) is 9.02. The predicted octanol–water partition coefficient (Wildman–Crippen LogP) is 3.72. The second-order valence-electron chi connectivity index (χ2n) is 7.92. The SMILES string of the molecule is Cc1cnc(-c2cccnc2)n1CCC1CCN(C(=O)NCC(C)C)CC1. The molecular weight excluding hydrogens is 338 g/mol. The zero-order valence-electron chi connectivity index (χ0n) is 16.7. The first-order chi connectivity index (χ1) is 13.0. The fourth-order valence-electron chi connectivity index (χ4n) is 3.61. The minimum absolute atomic E-state index is 0.0893. The van der Waals surface area contributed by atoms with Crippen LogP contribution in [0.5, 0.6) is 0 Å². The third-order valence-corrected chi connectivity index (χ3v) is 5.30. The first-order valence-corrected chi connectivity index (χ1v) is 10.00. The summed E-state index contributed by atoms with van der Waals surface area (Å²) in [5, 5.41) is 3.02. The maximum absolute atomic E-state index is 12.2. The Labute approximate surface area is 162 Å². The number of hydrogen-bond acceptors (Lipinski definition) is 3. The molecule has 2 aromatic heterocycles. The van der Waals surface area contributed by atoms with E-state index in [-0.39, 0.29) is 6.03 Å². The number of pyridine rings is 1. The van der Waals surface area contributed by atoms with Gasteiger partial charge in [0.2, 0.25) is 0 Å². The van der Waals surface area contributed by atoms with Crippen LogP contribution in [-0.2, 0) is 6.54 Å². The van der Waals surface area contributed by atoms with Crippen molar-refractivity contribution >= 4 is 6.03 Å². The van der Waals surface area contributed by atoms with Gasteiger partial charge in [0.15, 0.2) is 0 Å². The fraction of sp³-hybridized carbons (Fsp3) is 0.571. The molecule has 0 bridgehead atoms. The molecule has 0 aromatic carbocycles. The fourth-order valence-corrected chi connectivity index (χ4v) is 3.61. The molecule has 1 aliphatic heterocycles. The van der Waals surface area contributed by atoms with Crippen LogP contribution in [0.2, 0.25) is 0 Å². The molecule has 1 aliphatic rings. The van der Waals surface area contributed by atoms with Gasteiger partial charge in [0.1, 0.15) is 5.82 Å². The Balaban J connectivity index is 1.51. The average molecular weight is 370 g/mol. The van der Waals surface area contributed by atoms with Crippen LogP contribution in [0.15, 0.2) is 30.7 Å². The Kier molecular flexibility index (Phi) is 6.48. The van der Waals surface area contributed by atoms with Crippen molar-refractivity contribution in [1.29, 1.82) is 0 Å². The molecule has 3 heterocycles. The minimum atomic E-state index is 0.0893. The van der Waals surface area contributed by atoms with Crippen LogP contribution in [0, 0.1) is 18.8 Å². The number of urea groups is 1. The van der Waals surface area contributed by atoms with Crippen molar-refractivity contribution in [3.8, 4) is 11.4 Å². The monoisotopic (exact) mass is 369 g/mol. The van der Waals surface area contributed by atoms with E-state index in [0.717, 1.165) is 56.8 Å². The van der Waals surface area contributed by atoms with E-state index in [1.165, 1.54) is 5.69 Å². The van der Waals surface area contributed by atoms with Crippen LogP contribution in [0.25, 0.3) is 11.4 Å². The zero-order chi connectivity index (χ0) is 19.2. The number of carbonyl (C=O) groups is 1. The summed E-state index contributed by atoms with van der Waals surface area (Å²) in [7, 11) is 0. The Morgan fingerprint density at radius 2 is 2.07 bits per heavy atom. The number of carbonyl (C=O) groups excluding carboxylic acids is 1. The van der Waals surface area contributed by atoms with E-state index in [1.54, 1.807) is 6.20 Å². The van der Waals surface area contributed by atoms with Gasteiger partial charge in [-0.3, -0.25) is 4.98 Å². The summed E-state index contributed by atoms with van der Waals surface area (Å²) in [6, 6.07) is 4.09. The molecule has 0 aliphatic carbocycles. The summed E-state index contributed by atoms with van der Waals surface area (Å²) in [6.45, 7) is 9.75. The molecule has 27 heavy (non-hydrogen) atoms. The number of imidazole rings is 1. The van der Waals surface area contributed by atoms with Crippen molar-refractivity contribution < 1.29 is 4.79 Å². The van der Waals surface area contributed by atoms with Crippen molar-refractivity contribution in [2.45, 2.75) is 46.6 Å². The van der Waals surface area contributed by atoms with Crippen LogP contribution in [0.1, 0.15) is 38.8 Å². The van der Waals surface area contributed by atoms with Crippen LogP contribution in [-0.4, -0.2) is 45.1 Å². The van der Waals surface area contributed by atoms with E-state index in [9.17, 15) is 4.79 Å². The molecule has 0 saturated carbocycles. The number of piperidine rings is 1. The predicted molar refractivity (Wildman–Crippen MR) is 107 cm³/mol. The maximum Gasteiger partial charge on any atom is 0.317 e. The van der Waals surface area contributed by atoms with E-state index in [1.807, 2.05) is 23.4 Å². The van der Waals surface area contributed by atoms with Crippen molar-refractivity contribution in [3.63, 3.8) is 0 Å². The quantitative estimate of drug-likeness (QED) is 0.844. The summed E-state index contributed by atoms with van der Waals surface area (Å²) < 4.78 is 2.29. The molecule has 0 spiro atoms. The summed E-state index contributed by atoms with van der Waals surface area (Å²) in [6.07, 6.45) is 8.85. The van der Waals surface area contributed by atoms with Gasteiger partial charge in [-0.1, -0.05) is 13.8 Å². The Morgan fingerprint density at radius 3 is 2.74 bits per heavy atom. The lowest BCUT2D eigenvalue weighted by Gasteiger charge is -2.32. The normalized spacial score (nSPS) is 15.3. The second-order valence-corrected chi connectivity index (χ2v) is 7.92. The van der Waals surface area contributed by atoms with Gasteiger partial charge >= 0.3 is 6.03 Å². The first kappa shape index (κ1) is 19.4. The number of aryl methyl sites for hydroxylation is 1. The van der Waals surface area contributed by atoms with Crippen LogP contribution >= 0.6 is 0 Å². The van der Waals surface area contributed by atoms with Crippen LogP contribution < -0.4 is 5.32 Å². The lowest BCUT2D eigenvalue weighted by molar-refractivity contribution is 0.165. The third kappa shape index (κ3) is 5.08. The van der Waals surface area contributed by atoms with Crippen molar-refractivity contribution in [1.82, 2.24) is 24.8 Å². The van der Waals surface area contributed by atoms with Crippen LogP contribution in [0.3, 0.4) is 0 Å². The highest BCUT2D eigenvalue weighted by molar-refractivity contribution is 5.74. The maximum atomic E-state index is 12.2. The van der Waals surface area contributed by atoms with Gasteiger partial charge in [-0.2, -0.15) is 0 Å². The molecule has 1 saturated heterocycles. The molecule has 6 nitrogen and oxygen atoms in total. The first-order valence-electron chi connectivity index (χ1n) is 10.00. The highest BCUT2D eigenvalue weighted by Gasteiger charge is 2.23. The van der Waals surface area contributed by atoms with Gasteiger partial charge in [0.25, 0.3) is 0 Å². The number of rotatable bonds is 6. The van der Waals surface area contributed by atoms with Crippen molar-refractivity contribution in [3.05, 3.63) is 36.4 Å². The number of likely N-dealkylation sites (tertiary alicyclic amines) is 1.